The average Bonchev–Trinajstić information content (AvgIpc) is 2.52. The maximum Gasteiger partial charge on any atom is 0.525 e. The van der Waals surface area contributed by atoms with Crippen LogP contribution in [0.15, 0.2) is 30.3 Å². The second-order valence-electron chi connectivity index (χ2n) is 6.28. The molecule has 0 saturated carbocycles. The molecule has 1 aromatic carbocycles. The van der Waals surface area contributed by atoms with Crippen molar-refractivity contribution in [3.63, 3.8) is 0 Å². The van der Waals surface area contributed by atoms with Crippen LogP contribution in [-0.4, -0.2) is 43.5 Å². The number of nitrogens with one attached hydrogen (secondary N) is 1. The van der Waals surface area contributed by atoms with Gasteiger partial charge in [-0.15, -0.1) is 13.2 Å². The van der Waals surface area contributed by atoms with Gasteiger partial charge in [0.25, 0.3) is 0 Å². The summed E-state index contributed by atoms with van der Waals surface area (Å²) in [6, 6.07) is 7.63. The highest BCUT2D eigenvalue weighted by Crippen LogP contribution is 2.36. The first-order chi connectivity index (χ1) is 11.4. The first-order valence-electron chi connectivity index (χ1n) is 7.83. The molecular weight excluding hydrogens is 325 g/mol. The molecule has 1 N–H and O–H groups in total. The smallest absolute Gasteiger partial charge is 0.415 e. The number of carbonyl (C=O) groups is 1. The van der Waals surface area contributed by atoms with Crippen LogP contribution in [0.4, 0.5) is 18.0 Å². The molecule has 2 fully saturated rings. The molecule has 1 spiro atoms. The van der Waals surface area contributed by atoms with Crippen molar-refractivity contribution in [1.82, 2.24) is 10.2 Å². The zero-order valence-corrected chi connectivity index (χ0v) is 13.0. The largest absolute Gasteiger partial charge is 0.525 e. The van der Waals surface area contributed by atoms with Gasteiger partial charge in [0.2, 0.25) is 6.29 Å². The number of likely N-dealkylation sites (tertiary alicyclic amines) is 1. The first-order valence-corrected chi connectivity index (χ1v) is 7.83. The number of nitrogens with zero attached hydrogens (tertiary/aromatic N) is 1. The van der Waals surface area contributed by atoms with E-state index in [-0.39, 0.29) is 11.0 Å². The van der Waals surface area contributed by atoms with Gasteiger partial charge in [-0.05, 0) is 18.3 Å². The minimum atomic E-state index is -4.90. The van der Waals surface area contributed by atoms with Crippen LogP contribution in [0.2, 0.25) is 0 Å². The summed E-state index contributed by atoms with van der Waals surface area (Å²) in [5.41, 5.74) is 0.373. The van der Waals surface area contributed by atoms with Crippen LogP contribution in [-0.2, 0) is 9.47 Å². The maximum absolute atomic E-state index is 12.6. The summed E-state index contributed by atoms with van der Waals surface area (Å²) >= 11 is 0. The minimum absolute atomic E-state index is 0.139. The van der Waals surface area contributed by atoms with Gasteiger partial charge >= 0.3 is 12.5 Å². The van der Waals surface area contributed by atoms with E-state index in [1.165, 1.54) is 17.0 Å². The number of benzene rings is 1. The quantitative estimate of drug-likeness (QED) is 0.857. The van der Waals surface area contributed by atoms with Crippen molar-refractivity contribution in [2.75, 3.05) is 26.2 Å². The standard InChI is InChI=1S/C16H19F3N2O3/c17-16(18,19)24-13(12-4-2-1-3-5-12)23-14(22)21-8-6-15(7-9-21)10-20-11-15/h1-5,13,20H,6-11H2. The van der Waals surface area contributed by atoms with Crippen molar-refractivity contribution < 1.29 is 27.4 Å². The highest BCUT2D eigenvalue weighted by molar-refractivity contribution is 5.68. The lowest BCUT2D eigenvalue weighted by Crippen LogP contribution is -2.58. The third-order valence-electron chi connectivity index (χ3n) is 4.60. The highest BCUT2D eigenvalue weighted by Gasteiger charge is 2.42. The Balaban J connectivity index is 1.62. The number of alkyl halides is 3. The van der Waals surface area contributed by atoms with Crippen LogP contribution in [0.25, 0.3) is 0 Å². The lowest BCUT2D eigenvalue weighted by Gasteiger charge is -2.48. The van der Waals surface area contributed by atoms with Gasteiger partial charge in [-0.3, -0.25) is 0 Å². The number of rotatable bonds is 3. The molecule has 24 heavy (non-hydrogen) atoms. The molecule has 2 heterocycles. The molecule has 1 amide bonds. The van der Waals surface area contributed by atoms with Gasteiger partial charge in [0, 0.05) is 31.7 Å². The molecule has 2 aliphatic heterocycles. The molecule has 1 unspecified atom stereocenters. The van der Waals surface area contributed by atoms with Crippen LogP contribution in [0.3, 0.4) is 0 Å². The van der Waals surface area contributed by atoms with Crippen molar-refractivity contribution in [1.29, 1.82) is 0 Å². The Morgan fingerprint density at radius 2 is 1.79 bits per heavy atom. The zero-order chi connectivity index (χ0) is 17.2. The Bertz CT molecular complexity index is 566. The van der Waals surface area contributed by atoms with E-state index in [1.807, 2.05) is 0 Å². The molecule has 0 bridgehead atoms. The number of piperidine rings is 1. The minimum Gasteiger partial charge on any atom is -0.415 e. The summed E-state index contributed by atoms with van der Waals surface area (Å²) in [5.74, 6) is 0. The Hall–Kier alpha value is -1.80. The van der Waals surface area contributed by atoms with Crippen LogP contribution in [0.1, 0.15) is 24.7 Å². The summed E-state index contributed by atoms with van der Waals surface area (Å²) in [7, 11) is 0. The normalized spacial score (nSPS) is 21.2. The van der Waals surface area contributed by atoms with E-state index >= 15 is 0 Å². The van der Waals surface area contributed by atoms with Crippen LogP contribution < -0.4 is 5.32 Å². The second kappa shape index (κ2) is 6.60. The fourth-order valence-electron chi connectivity index (χ4n) is 3.05. The van der Waals surface area contributed by atoms with Gasteiger partial charge in [0.1, 0.15) is 0 Å². The fourth-order valence-corrected chi connectivity index (χ4v) is 3.05. The lowest BCUT2D eigenvalue weighted by atomic mass is 9.73. The maximum atomic E-state index is 12.6. The zero-order valence-electron chi connectivity index (χ0n) is 13.0. The molecule has 1 aromatic rings. The Labute approximate surface area is 137 Å². The average molecular weight is 344 g/mol. The van der Waals surface area contributed by atoms with Crippen molar-refractivity contribution in [2.45, 2.75) is 25.5 Å². The topological polar surface area (TPSA) is 50.8 Å². The van der Waals surface area contributed by atoms with Crippen molar-refractivity contribution in [3.8, 4) is 0 Å². The van der Waals surface area contributed by atoms with E-state index in [2.05, 4.69) is 10.1 Å². The molecule has 3 rings (SSSR count). The van der Waals surface area contributed by atoms with Crippen LogP contribution in [0.5, 0.6) is 0 Å². The molecule has 0 radical (unpaired) electrons. The molecule has 0 aromatic heterocycles. The predicted molar refractivity (Wildman–Crippen MR) is 78.9 cm³/mol. The van der Waals surface area contributed by atoms with Gasteiger partial charge in [-0.1, -0.05) is 30.3 Å². The van der Waals surface area contributed by atoms with E-state index in [1.54, 1.807) is 18.2 Å². The van der Waals surface area contributed by atoms with Gasteiger partial charge in [0.15, 0.2) is 0 Å². The van der Waals surface area contributed by atoms with Gasteiger partial charge in [-0.2, -0.15) is 0 Å². The number of ether oxygens (including phenoxy) is 2. The van der Waals surface area contributed by atoms with Crippen molar-refractivity contribution in [2.24, 2.45) is 5.41 Å². The Morgan fingerprint density at radius 3 is 2.29 bits per heavy atom. The molecular formula is C16H19F3N2O3. The summed E-state index contributed by atoms with van der Waals surface area (Å²) in [5, 5.41) is 3.22. The third-order valence-corrected chi connectivity index (χ3v) is 4.60. The predicted octanol–water partition coefficient (Wildman–Crippen LogP) is 3.04. The molecule has 2 saturated heterocycles. The van der Waals surface area contributed by atoms with E-state index in [0.29, 0.717) is 13.1 Å². The van der Waals surface area contributed by atoms with Gasteiger partial charge in [0.05, 0.1) is 0 Å². The Kier molecular flexibility index (Phi) is 4.69. The van der Waals surface area contributed by atoms with E-state index in [0.717, 1.165) is 25.9 Å². The number of hydrogen-bond acceptors (Lipinski definition) is 4. The number of carbonyl (C=O) groups excluding carboxylic acids is 1. The van der Waals surface area contributed by atoms with E-state index in [9.17, 15) is 18.0 Å². The highest BCUT2D eigenvalue weighted by atomic mass is 19.4. The van der Waals surface area contributed by atoms with E-state index in [4.69, 9.17) is 4.74 Å². The summed E-state index contributed by atoms with van der Waals surface area (Å²) in [4.78, 5) is 13.7. The van der Waals surface area contributed by atoms with E-state index < -0.39 is 18.7 Å². The van der Waals surface area contributed by atoms with Crippen LogP contribution >= 0.6 is 0 Å². The molecule has 0 aliphatic carbocycles. The molecule has 2 aliphatic rings. The summed E-state index contributed by atoms with van der Waals surface area (Å²) in [6.07, 6.45) is -5.84. The Morgan fingerprint density at radius 1 is 1.17 bits per heavy atom. The summed E-state index contributed by atoms with van der Waals surface area (Å²) in [6.45, 7) is 2.82. The summed E-state index contributed by atoms with van der Waals surface area (Å²) < 4.78 is 46.8. The SMILES string of the molecule is O=C(OC(OC(F)(F)F)c1ccccc1)N1CCC2(CC1)CNC2. The van der Waals surface area contributed by atoms with Crippen LogP contribution in [0, 0.1) is 5.41 Å². The van der Waals surface area contributed by atoms with Gasteiger partial charge < -0.3 is 15.0 Å². The molecule has 8 heteroatoms. The second-order valence-corrected chi connectivity index (χ2v) is 6.28. The number of halogens is 3. The number of amides is 1. The lowest BCUT2D eigenvalue weighted by molar-refractivity contribution is -0.374. The number of hydrogen-bond donors (Lipinski definition) is 1. The first kappa shape index (κ1) is 17.0. The molecule has 5 nitrogen and oxygen atoms in total. The third kappa shape index (κ3) is 3.99. The monoisotopic (exact) mass is 344 g/mol. The molecule has 1 atom stereocenters. The fraction of sp³-hybridized carbons (Fsp3) is 0.562. The van der Waals surface area contributed by atoms with Crippen molar-refractivity contribution >= 4 is 6.09 Å². The molecule has 132 valence electrons. The van der Waals surface area contributed by atoms with Gasteiger partial charge in [-0.25, -0.2) is 9.53 Å². The van der Waals surface area contributed by atoms with Crippen molar-refractivity contribution in [3.05, 3.63) is 35.9 Å².